The van der Waals surface area contributed by atoms with Crippen LogP contribution in [0.2, 0.25) is 5.02 Å². The highest BCUT2D eigenvalue weighted by Crippen LogP contribution is 2.27. The molecule has 142 valence electrons. The summed E-state index contributed by atoms with van der Waals surface area (Å²) in [6.45, 7) is 1.57. The second-order valence-electron chi connectivity index (χ2n) is 6.48. The summed E-state index contributed by atoms with van der Waals surface area (Å²) in [5, 5.41) is 3.59. The number of carbonyl (C=O) groups excluding carboxylic acids is 2. The lowest BCUT2D eigenvalue weighted by Gasteiger charge is -2.27. The highest BCUT2D eigenvalue weighted by atomic mass is 35.5. The number of thioether (sulfide) groups is 1. The minimum atomic E-state index is -0.103. The van der Waals surface area contributed by atoms with Crippen molar-refractivity contribution >= 4 is 40.9 Å². The monoisotopic (exact) mass is 402 g/mol. The predicted molar refractivity (Wildman–Crippen MR) is 112 cm³/mol. The van der Waals surface area contributed by atoms with Crippen molar-refractivity contribution in [3.8, 4) is 0 Å². The van der Waals surface area contributed by atoms with E-state index in [1.165, 1.54) is 6.42 Å². The molecule has 0 aliphatic carbocycles. The van der Waals surface area contributed by atoms with E-state index in [2.05, 4.69) is 5.32 Å². The standard InChI is InChI=1S/C21H23ClN2O2S/c22-17-9-3-5-11-19(17)27-15-12-20(25)23-18-10-4-2-8-16(18)21(26)24-13-6-1-7-14-24/h2-5,8-11H,1,6-7,12-15H2,(H,23,25). The molecule has 1 aliphatic heterocycles. The SMILES string of the molecule is O=C(CCSc1ccccc1Cl)Nc1ccccc1C(=O)N1CCCCC1. The number of para-hydroxylation sites is 1. The number of rotatable bonds is 6. The van der Waals surface area contributed by atoms with Gasteiger partial charge in [0.15, 0.2) is 0 Å². The molecule has 0 atom stereocenters. The van der Waals surface area contributed by atoms with Crippen LogP contribution in [0.5, 0.6) is 0 Å². The quantitative estimate of drug-likeness (QED) is 0.685. The zero-order chi connectivity index (χ0) is 19.1. The number of hydrogen-bond acceptors (Lipinski definition) is 3. The van der Waals surface area contributed by atoms with Crippen LogP contribution in [-0.2, 0) is 4.79 Å². The van der Waals surface area contributed by atoms with Crippen LogP contribution >= 0.6 is 23.4 Å². The van der Waals surface area contributed by atoms with Gasteiger partial charge in [0.25, 0.3) is 5.91 Å². The second-order valence-corrected chi connectivity index (χ2v) is 8.02. The Morgan fingerprint density at radius 3 is 2.48 bits per heavy atom. The molecule has 4 nitrogen and oxygen atoms in total. The lowest BCUT2D eigenvalue weighted by atomic mass is 10.1. The van der Waals surface area contributed by atoms with Gasteiger partial charge in [0, 0.05) is 30.2 Å². The third-order valence-corrected chi connectivity index (χ3v) is 6.02. The van der Waals surface area contributed by atoms with Crippen LogP contribution in [0.3, 0.4) is 0 Å². The molecule has 2 amide bonds. The second kappa shape index (κ2) is 9.81. The number of halogens is 1. The maximum atomic E-state index is 12.8. The topological polar surface area (TPSA) is 49.4 Å². The maximum Gasteiger partial charge on any atom is 0.255 e. The summed E-state index contributed by atoms with van der Waals surface area (Å²) < 4.78 is 0. The van der Waals surface area contributed by atoms with E-state index in [4.69, 9.17) is 11.6 Å². The summed E-state index contributed by atoms with van der Waals surface area (Å²) in [4.78, 5) is 28.0. The van der Waals surface area contributed by atoms with Crippen LogP contribution in [-0.4, -0.2) is 35.6 Å². The van der Waals surface area contributed by atoms with Crippen molar-refractivity contribution in [2.24, 2.45) is 0 Å². The highest BCUT2D eigenvalue weighted by Gasteiger charge is 2.21. The van der Waals surface area contributed by atoms with E-state index in [0.29, 0.717) is 28.4 Å². The Labute approximate surface area is 169 Å². The number of carbonyl (C=O) groups is 2. The fourth-order valence-corrected chi connectivity index (χ4v) is 4.26. The largest absolute Gasteiger partial charge is 0.339 e. The minimum Gasteiger partial charge on any atom is -0.339 e. The summed E-state index contributed by atoms with van der Waals surface area (Å²) in [6, 6.07) is 14.8. The fourth-order valence-electron chi connectivity index (χ4n) is 3.07. The Balaban J connectivity index is 1.57. The van der Waals surface area contributed by atoms with Crippen molar-refractivity contribution in [3.63, 3.8) is 0 Å². The van der Waals surface area contributed by atoms with Crippen LogP contribution in [0.15, 0.2) is 53.4 Å². The Hall–Kier alpha value is -1.98. The normalized spacial score (nSPS) is 14.0. The van der Waals surface area contributed by atoms with Crippen molar-refractivity contribution in [1.82, 2.24) is 4.90 Å². The molecule has 0 aromatic heterocycles. The van der Waals surface area contributed by atoms with Gasteiger partial charge in [-0.2, -0.15) is 0 Å². The molecule has 0 spiro atoms. The minimum absolute atomic E-state index is 0.00366. The van der Waals surface area contributed by atoms with Gasteiger partial charge in [0.1, 0.15) is 0 Å². The smallest absolute Gasteiger partial charge is 0.255 e. The molecule has 6 heteroatoms. The summed E-state index contributed by atoms with van der Waals surface area (Å²) in [5.41, 5.74) is 1.15. The average molecular weight is 403 g/mol. The van der Waals surface area contributed by atoms with Gasteiger partial charge < -0.3 is 10.2 Å². The number of nitrogens with zero attached hydrogens (tertiary/aromatic N) is 1. The molecule has 1 N–H and O–H groups in total. The van der Waals surface area contributed by atoms with Crippen molar-refractivity contribution < 1.29 is 9.59 Å². The van der Waals surface area contributed by atoms with E-state index < -0.39 is 0 Å². The Morgan fingerprint density at radius 2 is 1.70 bits per heavy atom. The van der Waals surface area contributed by atoms with Gasteiger partial charge in [-0.1, -0.05) is 35.9 Å². The van der Waals surface area contributed by atoms with Gasteiger partial charge in [-0.15, -0.1) is 11.8 Å². The van der Waals surface area contributed by atoms with Crippen LogP contribution in [0.25, 0.3) is 0 Å². The van der Waals surface area contributed by atoms with Crippen molar-refractivity contribution in [3.05, 3.63) is 59.1 Å². The van der Waals surface area contributed by atoms with Crippen LogP contribution < -0.4 is 5.32 Å². The molecule has 1 heterocycles. The first-order valence-corrected chi connectivity index (χ1v) is 10.6. The predicted octanol–water partition coefficient (Wildman–Crippen LogP) is 5.09. The van der Waals surface area contributed by atoms with Crippen LogP contribution in [0.4, 0.5) is 5.69 Å². The van der Waals surface area contributed by atoms with Gasteiger partial charge in [-0.25, -0.2) is 0 Å². The van der Waals surface area contributed by atoms with Gasteiger partial charge in [-0.3, -0.25) is 9.59 Å². The molecule has 1 fully saturated rings. The van der Waals surface area contributed by atoms with E-state index in [1.807, 2.05) is 41.3 Å². The summed E-state index contributed by atoms with van der Waals surface area (Å²) in [5.74, 6) is 0.516. The Bertz CT molecular complexity index is 806. The molecule has 0 bridgehead atoms. The Kier molecular flexibility index (Phi) is 7.18. The number of anilines is 1. The third-order valence-electron chi connectivity index (χ3n) is 4.50. The van der Waals surface area contributed by atoms with Gasteiger partial charge in [0.05, 0.1) is 16.3 Å². The van der Waals surface area contributed by atoms with E-state index in [-0.39, 0.29) is 11.8 Å². The van der Waals surface area contributed by atoms with E-state index in [0.717, 1.165) is 30.8 Å². The number of hydrogen-bond donors (Lipinski definition) is 1. The van der Waals surface area contributed by atoms with E-state index in [1.54, 1.807) is 23.9 Å². The first-order chi connectivity index (χ1) is 13.1. The summed E-state index contributed by atoms with van der Waals surface area (Å²) >= 11 is 7.69. The number of nitrogens with one attached hydrogen (secondary N) is 1. The molecule has 1 aliphatic rings. The van der Waals surface area contributed by atoms with Gasteiger partial charge >= 0.3 is 0 Å². The maximum absolute atomic E-state index is 12.8. The van der Waals surface area contributed by atoms with Crippen molar-refractivity contribution in [1.29, 1.82) is 0 Å². The van der Waals surface area contributed by atoms with Crippen molar-refractivity contribution in [2.45, 2.75) is 30.6 Å². The zero-order valence-electron chi connectivity index (χ0n) is 15.1. The molecule has 27 heavy (non-hydrogen) atoms. The van der Waals surface area contributed by atoms with Crippen LogP contribution in [0.1, 0.15) is 36.0 Å². The zero-order valence-corrected chi connectivity index (χ0v) is 16.7. The molecule has 2 aromatic rings. The molecule has 3 rings (SSSR count). The lowest BCUT2D eigenvalue weighted by molar-refractivity contribution is -0.115. The number of likely N-dealkylation sites (tertiary alicyclic amines) is 1. The molecule has 0 radical (unpaired) electrons. The fraction of sp³-hybridized carbons (Fsp3) is 0.333. The molecular formula is C21H23ClN2O2S. The number of piperidine rings is 1. The summed E-state index contributed by atoms with van der Waals surface area (Å²) in [7, 11) is 0. The molecule has 1 saturated heterocycles. The molecular weight excluding hydrogens is 380 g/mol. The lowest BCUT2D eigenvalue weighted by Crippen LogP contribution is -2.36. The van der Waals surface area contributed by atoms with Crippen LogP contribution in [0, 0.1) is 0 Å². The molecule has 0 unspecified atom stereocenters. The molecule has 0 saturated carbocycles. The third kappa shape index (κ3) is 5.50. The van der Waals surface area contributed by atoms with Gasteiger partial charge in [-0.05, 0) is 43.5 Å². The highest BCUT2D eigenvalue weighted by molar-refractivity contribution is 7.99. The summed E-state index contributed by atoms with van der Waals surface area (Å²) in [6.07, 6.45) is 3.60. The first-order valence-electron chi connectivity index (χ1n) is 9.20. The average Bonchev–Trinajstić information content (AvgIpc) is 2.70. The molecule has 2 aromatic carbocycles. The van der Waals surface area contributed by atoms with Gasteiger partial charge in [0.2, 0.25) is 5.91 Å². The Morgan fingerprint density at radius 1 is 1.00 bits per heavy atom. The number of amides is 2. The van der Waals surface area contributed by atoms with E-state index in [9.17, 15) is 9.59 Å². The first kappa shape index (κ1) is 19.8. The van der Waals surface area contributed by atoms with Crippen molar-refractivity contribution in [2.75, 3.05) is 24.2 Å². The number of benzene rings is 2. The van der Waals surface area contributed by atoms with E-state index >= 15 is 0 Å².